The molecule has 6 heteroatoms. The number of aromatic carboxylic acids is 1. The number of aryl methyl sites for hydroxylation is 2. The number of halogens is 1. The third kappa shape index (κ3) is 2.36. The van der Waals surface area contributed by atoms with Gasteiger partial charge in [0, 0.05) is 0 Å². The Balaban J connectivity index is 2.70. The molecule has 0 aliphatic heterocycles. The van der Waals surface area contributed by atoms with Crippen molar-refractivity contribution in [3.8, 4) is 11.4 Å². The monoisotopic (exact) mass is 294 g/mol. The summed E-state index contributed by atoms with van der Waals surface area (Å²) in [4.78, 5) is 11.3. The number of hydrogen-bond acceptors (Lipinski definition) is 3. The van der Waals surface area contributed by atoms with Crippen molar-refractivity contribution in [1.82, 2.24) is 9.78 Å². The van der Waals surface area contributed by atoms with E-state index in [9.17, 15) is 9.90 Å². The average Bonchev–Trinajstić information content (AvgIpc) is 2.75. The van der Waals surface area contributed by atoms with Crippen LogP contribution in [-0.4, -0.2) is 28.0 Å². The van der Waals surface area contributed by atoms with Gasteiger partial charge in [0.15, 0.2) is 0 Å². The minimum atomic E-state index is -1.08. The first-order chi connectivity index (χ1) is 9.49. The van der Waals surface area contributed by atoms with E-state index in [0.717, 1.165) is 5.56 Å². The number of aromatic nitrogens is 2. The first-order valence-electron chi connectivity index (χ1n) is 6.15. The smallest absolute Gasteiger partial charge is 0.340 e. The molecule has 20 heavy (non-hydrogen) atoms. The van der Waals surface area contributed by atoms with E-state index in [1.54, 1.807) is 13.2 Å². The quantitative estimate of drug-likeness (QED) is 0.941. The van der Waals surface area contributed by atoms with E-state index in [1.807, 2.05) is 26.0 Å². The molecule has 106 valence electrons. The maximum absolute atomic E-state index is 11.3. The lowest BCUT2D eigenvalue weighted by Gasteiger charge is -2.10. The van der Waals surface area contributed by atoms with Crippen molar-refractivity contribution in [3.63, 3.8) is 0 Å². The fourth-order valence-electron chi connectivity index (χ4n) is 2.02. The van der Waals surface area contributed by atoms with Gasteiger partial charge in [-0.15, -0.1) is 0 Å². The molecule has 0 fully saturated rings. The van der Waals surface area contributed by atoms with Crippen LogP contribution in [-0.2, 0) is 6.42 Å². The van der Waals surface area contributed by atoms with Crippen LogP contribution in [0.1, 0.15) is 28.5 Å². The van der Waals surface area contributed by atoms with Gasteiger partial charge in [-0.05, 0) is 31.0 Å². The molecule has 0 amide bonds. The van der Waals surface area contributed by atoms with Gasteiger partial charge < -0.3 is 9.84 Å². The van der Waals surface area contributed by atoms with Crippen molar-refractivity contribution in [2.24, 2.45) is 0 Å². The predicted molar refractivity (Wildman–Crippen MR) is 76.2 cm³/mol. The Hall–Kier alpha value is -2.01. The lowest BCUT2D eigenvalue weighted by Crippen LogP contribution is -2.02. The van der Waals surface area contributed by atoms with E-state index in [1.165, 1.54) is 4.68 Å². The summed E-state index contributed by atoms with van der Waals surface area (Å²) in [7, 11) is 1.55. The minimum absolute atomic E-state index is 0.0396. The van der Waals surface area contributed by atoms with Crippen LogP contribution < -0.4 is 4.74 Å². The number of ether oxygens (including phenoxy) is 1. The average molecular weight is 295 g/mol. The number of carbonyl (C=O) groups is 1. The zero-order chi connectivity index (χ0) is 14.9. The number of benzene rings is 1. The Morgan fingerprint density at radius 3 is 2.70 bits per heavy atom. The summed E-state index contributed by atoms with van der Waals surface area (Å²) < 4.78 is 6.70. The van der Waals surface area contributed by atoms with Crippen LogP contribution >= 0.6 is 11.6 Å². The number of nitrogens with zero attached hydrogens (tertiary/aromatic N) is 2. The van der Waals surface area contributed by atoms with E-state index in [4.69, 9.17) is 16.3 Å². The van der Waals surface area contributed by atoms with Crippen LogP contribution in [0, 0.1) is 6.92 Å². The Kier molecular flexibility index (Phi) is 3.99. The Labute approximate surface area is 121 Å². The highest BCUT2D eigenvalue weighted by Gasteiger charge is 2.23. The first-order valence-corrected chi connectivity index (χ1v) is 6.53. The zero-order valence-electron chi connectivity index (χ0n) is 11.5. The summed E-state index contributed by atoms with van der Waals surface area (Å²) in [5.74, 6) is -0.496. The van der Waals surface area contributed by atoms with Gasteiger partial charge in [-0.3, -0.25) is 0 Å². The molecule has 1 aromatic carbocycles. The summed E-state index contributed by atoms with van der Waals surface area (Å²) in [6.07, 6.45) is 0.489. The number of hydrogen-bond donors (Lipinski definition) is 1. The van der Waals surface area contributed by atoms with E-state index in [-0.39, 0.29) is 10.7 Å². The molecule has 0 aliphatic carbocycles. The van der Waals surface area contributed by atoms with Crippen molar-refractivity contribution in [2.45, 2.75) is 20.3 Å². The van der Waals surface area contributed by atoms with E-state index < -0.39 is 5.97 Å². The molecule has 1 heterocycles. The number of methoxy groups -OCH3 is 1. The number of rotatable bonds is 4. The summed E-state index contributed by atoms with van der Waals surface area (Å²) in [5, 5.41) is 13.6. The van der Waals surface area contributed by atoms with Gasteiger partial charge in [0.1, 0.15) is 22.2 Å². The molecule has 0 unspecified atom stereocenters. The molecule has 0 atom stereocenters. The molecule has 0 spiro atoms. The highest BCUT2D eigenvalue weighted by atomic mass is 35.5. The second-order valence-corrected chi connectivity index (χ2v) is 4.72. The molecule has 2 aromatic rings. The fraction of sp³-hybridized carbons (Fsp3) is 0.286. The molecule has 1 aromatic heterocycles. The third-order valence-corrected chi connectivity index (χ3v) is 3.36. The van der Waals surface area contributed by atoms with Crippen LogP contribution in [0.5, 0.6) is 5.75 Å². The summed E-state index contributed by atoms with van der Waals surface area (Å²) in [6, 6.07) is 5.55. The Morgan fingerprint density at radius 2 is 2.20 bits per heavy atom. The van der Waals surface area contributed by atoms with Crippen LogP contribution in [0.4, 0.5) is 0 Å². The van der Waals surface area contributed by atoms with Crippen molar-refractivity contribution in [3.05, 3.63) is 40.2 Å². The molecule has 5 nitrogen and oxygen atoms in total. The summed E-state index contributed by atoms with van der Waals surface area (Å²) in [6.45, 7) is 3.77. The van der Waals surface area contributed by atoms with E-state index in [2.05, 4.69) is 5.10 Å². The molecule has 0 bridgehead atoms. The third-order valence-electron chi connectivity index (χ3n) is 3.01. The maximum atomic E-state index is 11.3. The molecule has 0 radical (unpaired) electrons. The summed E-state index contributed by atoms with van der Waals surface area (Å²) in [5.41, 5.74) is 2.12. The van der Waals surface area contributed by atoms with Gasteiger partial charge in [-0.25, -0.2) is 9.48 Å². The van der Waals surface area contributed by atoms with Gasteiger partial charge in [0.05, 0.1) is 12.8 Å². The maximum Gasteiger partial charge on any atom is 0.340 e. The van der Waals surface area contributed by atoms with Crippen molar-refractivity contribution in [1.29, 1.82) is 0 Å². The minimum Gasteiger partial charge on any atom is -0.494 e. The normalized spacial score (nSPS) is 10.6. The van der Waals surface area contributed by atoms with Crippen LogP contribution in [0.15, 0.2) is 18.2 Å². The molecule has 0 aliphatic rings. The second-order valence-electron chi connectivity index (χ2n) is 4.36. The van der Waals surface area contributed by atoms with Crippen molar-refractivity contribution >= 4 is 17.6 Å². The Bertz CT molecular complexity index is 665. The number of carboxylic acids is 1. The standard InChI is InChI=1S/C14H15ClN2O3/c1-4-9-12(14(18)19)13(15)17(16-9)10-7-8(2)5-6-11(10)20-3/h5-7H,4H2,1-3H3,(H,18,19). The van der Waals surface area contributed by atoms with Gasteiger partial charge in [0.25, 0.3) is 0 Å². The second kappa shape index (κ2) is 5.54. The van der Waals surface area contributed by atoms with Gasteiger partial charge in [-0.1, -0.05) is 24.6 Å². The zero-order valence-corrected chi connectivity index (χ0v) is 12.2. The highest BCUT2D eigenvalue weighted by molar-refractivity contribution is 6.33. The molecule has 0 saturated heterocycles. The highest BCUT2D eigenvalue weighted by Crippen LogP contribution is 2.30. The van der Waals surface area contributed by atoms with Crippen LogP contribution in [0.3, 0.4) is 0 Å². The fourth-order valence-corrected chi connectivity index (χ4v) is 2.34. The van der Waals surface area contributed by atoms with Crippen LogP contribution in [0.25, 0.3) is 5.69 Å². The van der Waals surface area contributed by atoms with Gasteiger partial charge >= 0.3 is 5.97 Å². The van der Waals surface area contributed by atoms with Crippen LogP contribution in [0.2, 0.25) is 5.15 Å². The largest absolute Gasteiger partial charge is 0.494 e. The summed E-state index contributed by atoms with van der Waals surface area (Å²) >= 11 is 6.18. The van der Waals surface area contributed by atoms with Gasteiger partial charge in [-0.2, -0.15) is 5.10 Å². The predicted octanol–water partition coefficient (Wildman–Crippen LogP) is 3.10. The topological polar surface area (TPSA) is 64.4 Å². The van der Waals surface area contributed by atoms with Gasteiger partial charge in [0.2, 0.25) is 0 Å². The molecule has 1 N–H and O–H groups in total. The molecular formula is C14H15ClN2O3. The van der Waals surface area contributed by atoms with Crippen molar-refractivity contribution in [2.75, 3.05) is 7.11 Å². The van der Waals surface area contributed by atoms with E-state index >= 15 is 0 Å². The lowest BCUT2D eigenvalue weighted by atomic mass is 10.2. The number of carboxylic acid groups (broad SMARTS) is 1. The molecular weight excluding hydrogens is 280 g/mol. The Morgan fingerprint density at radius 1 is 1.50 bits per heavy atom. The molecule has 0 saturated carbocycles. The van der Waals surface area contributed by atoms with Crippen molar-refractivity contribution < 1.29 is 14.6 Å². The first kappa shape index (κ1) is 14.4. The lowest BCUT2D eigenvalue weighted by molar-refractivity contribution is 0.0696. The molecule has 2 rings (SSSR count). The van der Waals surface area contributed by atoms with E-state index in [0.29, 0.717) is 23.6 Å². The SMILES string of the molecule is CCc1nn(-c2cc(C)ccc2OC)c(Cl)c1C(=O)O.